The number of amides is 1. The molecule has 2 saturated heterocycles. The van der Waals surface area contributed by atoms with Crippen LogP contribution in [0.25, 0.3) is 5.76 Å². The van der Waals surface area contributed by atoms with E-state index in [2.05, 4.69) is 6.58 Å². The summed E-state index contributed by atoms with van der Waals surface area (Å²) >= 11 is 0. The molecule has 0 unspecified atom stereocenters. The van der Waals surface area contributed by atoms with Crippen LogP contribution in [0, 0.1) is 6.92 Å². The van der Waals surface area contributed by atoms with Crippen LogP contribution < -0.4 is 14.5 Å². The monoisotopic (exact) mass is 520 g/mol. The molecule has 2 heterocycles. The first-order valence-corrected chi connectivity index (χ1v) is 13.1. The molecule has 1 amide bonds. The number of aliphatic hydroxyl groups excluding tert-OH is 1. The summed E-state index contributed by atoms with van der Waals surface area (Å²) < 4.78 is 11.1. The maximum atomic E-state index is 13.4. The zero-order valence-corrected chi connectivity index (χ0v) is 22.5. The Balaban J connectivity index is 1.68. The van der Waals surface area contributed by atoms with Crippen LogP contribution in [-0.2, 0) is 14.3 Å². The van der Waals surface area contributed by atoms with E-state index in [1.165, 1.54) is 4.90 Å². The van der Waals surface area contributed by atoms with E-state index < -0.39 is 17.7 Å². The minimum Gasteiger partial charge on any atom is -0.507 e. The van der Waals surface area contributed by atoms with Crippen molar-refractivity contribution in [3.8, 4) is 5.75 Å². The van der Waals surface area contributed by atoms with Crippen molar-refractivity contribution in [3.63, 3.8) is 0 Å². The van der Waals surface area contributed by atoms with Gasteiger partial charge in [-0.15, -0.1) is 0 Å². The van der Waals surface area contributed by atoms with Crippen molar-refractivity contribution >= 4 is 23.1 Å². The maximum Gasteiger partial charge on any atom is 0.295 e. The molecule has 2 fully saturated rings. The van der Waals surface area contributed by atoms with Crippen LogP contribution in [0.4, 0.5) is 5.69 Å². The third-order valence-electron chi connectivity index (χ3n) is 7.20. The molecule has 2 aliphatic rings. The molecule has 0 aliphatic carbocycles. The summed E-state index contributed by atoms with van der Waals surface area (Å²) in [7, 11) is 3.92. The van der Waals surface area contributed by atoms with Gasteiger partial charge in [0.25, 0.3) is 11.7 Å². The highest BCUT2D eigenvalue weighted by Crippen LogP contribution is 2.40. The fraction of sp³-hybridized carbons (Fsp3) is 0.400. The number of benzene rings is 2. The number of Topliss-reactive ketones (excluding diaryl/α,β-unsaturated/α-hetero) is 1. The Morgan fingerprint density at radius 2 is 1.89 bits per heavy atom. The maximum absolute atomic E-state index is 13.4. The molecule has 2 N–H and O–H groups in total. The summed E-state index contributed by atoms with van der Waals surface area (Å²) in [4.78, 5) is 31.7. The number of morpholine rings is 1. The largest absolute Gasteiger partial charge is 0.507 e. The van der Waals surface area contributed by atoms with Crippen LogP contribution in [0.3, 0.4) is 0 Å². The lowest BCUT2D eigenvalue weighted by Crippen LogP contribution is -3.14. The number of ketones is 1. The molecule has 0 spiro atoms. The molecule has 0 radical (unpaired) electrons. The molecule has 4 rings (SSSR count). The molecule has 2 aromatic carbocycles. The van der Waals surface area contributed by atoms with Crippen molar-refractivity contribution in [1.29, 1.82) is 0 Å². The van der Waals surface area contributed by atoms with E-state index in [0.29, 0.717) is 24.5 Å². The second kappa shape index (κ2) is 12.3. The highest BCUT2D eigenvalue weighted by molar-refractivity contribution is 6.46. The second-order valence-corrected chi connectivity index (χ2v) is 10.0. The van der Waals surface area contributed by atoms with Gasteiger partial charge in [0, 0.05) is 38.3 Å². The molecular formula is C30H38N3O5+. The number of hydrogen-bond donors (Lipinski definition) is 2. The molecule has 0 aromatic heterocycles. The van der Waals surface area contributed by atoms with Crippen molar-refractivity contribution in [3.05, 3.63) is 77.4 Å². The third kappa shape index (κ3) is 5.92. The number of nitrogens with one attached hydrogen (secondary N) is 1. The first-order valence-electron chi connectivity index (χ1n) is 13.1. The number of aryl methyl sites for hydroxylation is 1. The number of ether oxygens (including phenoxy) is 2. The van der Waals surface area contributed by atoms with Crippen molar-refractivity contribution in [1.82, 2.24) is 4.90 Å². The van der Waals surface area contributed by atoms with E-state index in [1.807, 2.05) is 50.2 Å². The number of hydrogen-bond acceptors (Lipinski definition) is 6. The Morgan fingerprint density at radius 3 is 2.53 bits per heavy atom. The zero-order valence-electron chi connectivity index (χ0n) is 22.5. The number of nitrogens with zero attached hydrogens (tertiary/aromatic N) is 2. The van der Waals surface area contributed by atoms with E-state index in [1.54, 1.807) is 29.2 Å². The lowest BCUT2D eigenvalue weighted by Gasteiger charge is -2.28. The molecular weight excluding hydrogens is 482 g/mol. The predicted octanol–water partition coefficient (Wildman–Crippen LogP) is 2.35. The second-order valence-electron chi connectivity index (χ2n) is 10.0. The number of anilines is 1. The Labute approximate surface area is 224 Å². The van der Waals surface area contributed by atoms with Crippen LogP contribution in [0.5, 0.6) is 5.75 Å². The first kappa shape index (κ1) is 27.4. The number of carbonyl (C=O) groups excluding carboxylic acids is 2. The van der Waals surface area contributed by atoms with Gasteiger partial charge in [-0.1, -0.05) is 24.8 Å². The summed E-state index contributed by atoms with van der Waals surface area (Å²) in [6, 6.07) is 12.4. The SMILES string of the molecule is C=CCOc1ccc(C(O)=C2C(=O)C(=O)N(CCC[NH+]3CCOCC3)[C@@H]2c2ccc(N(C)C)cc2)cc1C. The van der Waals surface area contributed by atoms with Crippen molar-refractivity contribution < 1.29 is 29.1 Å². The highest BCUT2D eigenvalue weighted by atomic mass is 16.5. The van der Waals surface area contributed by atoms with Crippen LogP contribution in [-0.4, -0.2) is 81.8 Å². The van der Waals surface area contributed by atoms with Gasteiger partial charge in [0.2, 0.25) is 0 Å². The van der Waals surface area contributed by atoms with Crippen molar-refractivity contribution in [2.45, 2.75) is 19.4 Å². The Kier molecular flexibility index (Phi) is 8.86. The van der Waals surface area contributed by atoms with Crippen LogP contribution >= 0.6 is 0 Å². The smallest absolute Gasteiger partial charge is 0.295 e. The number of carbonyl (C=O) groups is 2. The van der Waals surface area contributed by atoms with Gasteiger partial charge in [-0.25, -0.2) is 0 Å². The van der Waals surface area contributed by atoms with E-state index in [-0.39, 0.29) is 11.3 Å². The lowest BCUT2D eigenvalue weighted by molar-refractivity contribution is -0.908. The quantitative estimate of drug-likeness (QED) is 0.217. The topological polar surface area (TPSA) is 83.8 Å². The van der Waals surface area contributed by atoms with E-state index in [9.17, 15) is 14.7 Å². The van der Waals surface area contributed by atoms with Crippen LogP contribution in [0.1, 0.15) is 29.2 Å². The lowest BCUT2D eigenvalue weighted by atomic mass is 9.94. The summed E-state index contributed by atoms with van der Waals surface area (Å²) in [5.74, 6) is -0.742. The number of likely N-dealkylation sites (tertiary alicyclic amines) is 1. The fourth-order valence-corrected chi connectivity index (χ4v) is 5.08. The van der Waals surface area contributed by atoms with Gasteiger partial charge >= 0.3 is 0 Å². The average Bonchev–Trinajstić information content (AvgIpc) is 3.17. The Morgan fingerprint density at radius 1 is 1.18 bits per heavy atom. The minimum absolute atomic E-state index is 0.116. The molecule has 0 saturated carbocycles. The summed E-state index contributed by atoms with van der Waals surface area (Å²) in [6.07, 6.45) is 2.42. The van der Waals surface area contributed by atoms with Gasteiger partial charge < -0.3 is 29.3 Å². The van der Waals surface area contributed by atoms with E-state index in [4.69, 9.17) is 9.47 Å². The average molecular weight is 521 g/mol. The Bertz CT molecular complexity index is 1200. The zero-order chi connectivity index (χ0) is 27.2. The van der Waals surface area contributed by atoms with Crippen molar-refractivity contribution in [2.75, 3.05) is 65.0 Å². The van der Waals surface area contributed by atoms with Gasteiger partial charge in [0.05, 0.1) is 31.4 Å². The van der Waals surface area contributed by atoms with Gasteiger partial charge in [0.15, 0.2) is 0 Å². The molecule has 1 atom stereocenters. The van der Waals surface area contributed by atoms with Gasteiger partial charge in [-0.2, -0.15) is 0 Å². The Hall–Kier alpha value is -3.62. The standard InChI is InChI=1S/C30H37N3O5/c1-5-17-38-25-12-9-23(20-21(25)2)28(34)26-27(22-7-10-24(11-8-22)31(3)4)33(30(36)29(26)35)14-6-13-32-15-18-37-19-16-32/h5,7-12,20,27,34H,1,6,13-19H2,2-4H3/p+1/t27-/m1/s1. The molecule has 0 bridgehead atoms. The first-order chi connectivity index (χ1) is 18.3. The molecule has 202 valence electrons. The normalized spacial score (nSPS) is 19.6. The summed E-state index contributed by atoms with van der Waals surface area (Å²) in [5.41, 5.74) is 3.19. The van der Waals surface area contributed by atoms with Gasteiger partial charge in [0.1, 0.15) is 31.2 Å². The molecule has 2 aromatic rings. The number of quaternary nitrogens is 1. The highest BCUT2D eigenvalue weighted by Gasteiger charge is 2.46. The minimum atomic E-state index is -0.664. The third-order valence-corrected chi connectivity index (χ3v) is 7.20. The molecule has 38 heavy (non-hydrogen) atoms. The fourth-order valence-electron chi connectivity index (χ4n) is 5.08. The molecule has 8 nitrogen and oxygen atoms in total. The van der Waals surface area contributed by atoms with E-state index >= 15 is 0 Å². The molecule has 2 aliphatic heterocycles. The van der Waals surface area contributed by atoms with Crippen LogP contribution in [0.15, 0.2) is 60.7 Å². The number of aliphatic hydroxyl groups is 1. The van der Waals surface area contributed by atoms with Gasteiger partial charge in [-0.05, 0) is 48.4 Å². The van der Waals surface area contributed by atoms with Crippen molar-refractivity contribution in [2.24, 2.45) is 0 Å². The van der Waals surface area contributed by atoms with Crippen LogP contribution in [0.2, 0.25) is 0 Å². The summed E-state index contributed by atoms with van der Waals surface area (Å²) in [5, 5.41) is 11.4. The predicted molar refractivity (Wildman–Crippen MR) is 148 cm³/mol. The van der Waals surface area contributed by atoms with E-state index in [0.717, 1.165) is 56.1 Å². The molecule has 8 heteroatoms. The summed E-state index contributed by atoms with van der Waals surface area (Å²) in [6.45, 7) is 10.6. The number of rotatable bonds is 10. The van der Waals surface area contributed by atoms with Gasteiger partial charge in [-0.3, -0.25) is 9.59 Å².